The van der Waals surface area contributed by atoms with E-state index in [1.807, 2.05) is 24.3 Å². The van der Waals surface area contributed by atoms with Crippen molar-refractivity contribution < 1.29 is 45.7 Å². The van der Waals surface area contributed by atoms with Crippen LogP contribution in [0.15, 0.2) is 104 Å². The SMILES string of the molecule is Oc1c(Br)cc(Br)cc1C=NC1CCCCC1N=Cc1cc(Br)cc(Br)c1O.Oc1c(Br)cc(Br)cc1C=NC1CCCCC1N=Cc1cc(Br)cc(Br)c1O.[O]=[W]=[O]. The standard InChI is InChI=1S/2C20H18Br4N2O2.2O.W/c2*21-13-5-11(19(27)15(23)7-13)9-25-17-3-1-2-4-18(17)26-10-12-6-14(22)8-16(24)20(12)28;;;/h2*5-10,17-18,27-28H,1-4H2;;;. The second-order valence-electron chi connectivity index (χ2n) is 13.3. The fourth-order valence-electron chi connectivity index (χ4n) is 6.32. The molecule has 2 fully saturated rings. The summed E-state index contributed by atoms with van der Waals surface area (Å²) in [4.78, 5) is 18.9. The van der Waals surface area contributed by atoms with Gasteiger partial charge in [-0.1, -0.05) is 89.4 Å². The summed E-state index contributed by atoms with van der Waals surface area (Å²) in [5.41, 5.74) is 2.62. The van der Waals surface area contributed by atoms with Gasteiger partial charge in [0.2, 0.25) is 0 Å². The Hall–Kier alpha value is -1.11. The van der Waals surface area contributed by atoms with E-state index < -0.39 is 18.5 Å². The first-order valence-electron chi connectivity index (χ1n) is 17.9. The van der Waals surface area contributed by atoms with Gasteiger partial charge in [-0.2, -0.15) is 0 Å². The van der Waals surface area contributed by atoms with Crippen molar-refractivity contribution >= 4 is 152 Å². The van der Waals surface area contributed by atoms with Gasteiger partial charge in [-0.15, -0.1) is 0 Å². The van der Waals surface area contributed by atoms with E-state index >= 15 is 0 Å². The zero-order valence-corrected chi connectivity index (χ0v) is 46.3. The van der Waals surface area contributed by atoms with E-state index in [2.05, 4.69) is 127 Å². The Kier molecular flexibility index (Phi) is 21.6. The van der Waals surface area contributed by atoms with Crippen LogP contribution in [0, 0.1) is 0 Å². The van der Waals surface area contributed by atoms with Crippen molar-refractivity contribution in [1.82, 2.24) is 0 Å². The van der Waals surface area contributed by atoms with Gasteiger partial charge in [0.05, 0.1) is 42.1 Å². The number of aliphatic imine (C=N–C) groups is 4. The van der Waals surface area contributed by atoms with Crippen molar-refractivity contribution in [3.8, 4) is 23.0 Å². The molecule has 2 saturated carbocycles. The van der Waals surface area contributed by atoms with Crippen molar-refractivity contribution in [3.63, 3.8) is 0 Å². The summed E-state index contributed by atoms with van der Waals surface area (Å²) in [5.74, 6) is 0.692. The van der Waals surface area contributed by atoms with Crippen molar-refractivity contribution in [2.45, 2.75) is 75.5 Å². The van der Waals surface area contributed by atoms with E-state index in [-0.39, 0.29) is 47.2 Å². The molecule has 0 amide bonds. The van der Waals surface area contributed by atoms with Crippen LogP contribution in [0.25, 0.3) is 0 Å². The molecule has 0 saturated heterocycles. The molecule has 2 aliphatic rings. The molecular weight excluding hydrogens is 1460 g/mol. The molecule has 4 atom stereocenters. The molecule has 10 nitrogen and oxygen atoms in total. The number of halogens is 8. The van der Waals surface area contributed by atoms with Gasteiger partial charge in [0, 0.05) is 65.0 Å². The van der Waals surface area contributed by atoms with Gasteiger partial charge in [0.25, 0.3) is 0 Å². The van der Waals surface area contributed by atoms with E-state index in [0.717, 1.165) is 69.3 Å². The molecule has 0 aromatic heterocycles. The molecule has 0 spiro atoms. The maximum absolute atomic E-state index is 10.2. The van der Waals surface area contributed by atoms with Crippen molar-refractivity contribution in [2.75, 3.05) is 0 Å². The second-order valence-corrected chi connectivity index (χ2v) is 20.9. The fourth-order valence-corrected chi connectivity index (χ4v) is 11.4. The zero-order valence-electron chi connectivity index (χ0n) is 30.7. The minimum atomic E-state index is -2.25. The molecule has 0 aliphatic heterocycles. The van der Waals surface area contributed by atoms with E-state index in [0.29, 0.717) is 40.1 Å². The average molecular weight is 1490 g/mol. The third kappa shape index (κ3) is 15.6. The number of hydrogen-bond acceptors (Lipinski definition) is 10. The number of aromatic hydroxyl groups is 4. The van der Waals surface area contributed by atoms with E-state index in [4.69, 9.17) is 26.8 Å². The average Bonchev–Trinajstić information content (AvgIpc) is 3.19. The van der Waals surface area contributed by atoms with E-state index in [9.17, 15) is 20.4 Å². The van der Waals surface area contributed by atoms with Crippen LogP contribution in [-0.2, 0) is 25.3 Å². The van der Waals surface area contributed by atoms with Crippen LogP contribution in [-0.4, -0.2) is 69.5 Å². The molecule has 0 bridgehead atoms. The number of nitrogens with zero attached hydrogens (tertiary/aromatic N) is 4. The number of phenolic OH excluding ortho intramolecular Hbond substituents is 4. The Morgan fingerprint density at radius 3 is 0.780 bits per heavy atom. The monoisotopic (exact) mass is 1480 g/mol. The summed E-state index contributed by atoms with van der Waals surface area (Å²) < 4.78 is 23.0. The first-order valence-corrected chi connectivity index (χ1v) is 26.6. The molecule has 0 radical (unpaired) electrons. The molecule has 19 heteroatoms. The Labute approximate surface area is 418 Å². The summed E-state index contributed by atoms with van der Waals surface area (Å²) in [6.07, 6.45) is 15.1. The first-order chi connectivity index (χ1) is 28.1. The molecule has 4 N–H and O–H groups in total. The molecule has 59 heavy (non-hydrogen) atoms. The van der Waals surface area contributed by atoms with Crippen molar-refractivity contribution in [2.24, 2.45) is 20.0 Å². The Bertz CT molecular complexity index is 1970. The molecule has 4 aromatic carbocycles. The van der Waals surface area contributed by atoms with Crippen LogP contribution in [0.2, 0.25) is 0 Å². The summed E-state index contributed by atoms with van der Waals surface area (Å²) in [6, 6.07) is 14.7. The minimum absolute atomic E-state index is 0.0416. The third-order valence-electron chi connectivity index (χ3n) is 9.24. The Morgan fingerprint density at radius 1 is 0.407 bits per heavy atom. The van der Waals surface area contributed by atoms with Crippen LogP contribution >= 0.6 is 127 Å². The third-order valence-corrected chi connectivity index (χ3v) is 13.5. The predicted octanol–water partition coefficient (Wildman–Crippen LogP) is 13.8. The molecule has 0 heterocycles. The van der Waals surface area contributed by atoms with E-state index in [1.165, 1.54) is 0 Å². The van der Waals surface area contributed by atoms with Gasteiger partial charge in [0.15, 0.2) is 0 Å². The second kappa shape index (κ2) is 25.3. The maximum atomic E-state index is 10.2. The van der Waals surface area contributed by atoms with Crippen LogP contribution in [0.5, 0.6) is 23.0 Å². The molecule has 6 rings (SSSR count). The number of hydrogen-bond donors (Lipinski definition) is 4. The van der Waals surface area contributed by atoms with Gasteiger partial charge in [-0.25, -0.2) is 0 Å². The zero-order chi connectivity index (χ0) is 43.2. The van der Waals surface area contributed by atoms with Crippen LogP contribution in [0.4, 0.5) is 0 Å². The van der Waals surface area contributed by atoms with Crippen molar-refractivity contribution in [3.05, 3.63) is 107 Å². The van der Waals surface area contributed by atoms with Gasteiger partial charge in [-0.05, 0) is 138 Å². The van der Waals surface area contributed by atoms with Gasteiger partial charge in [-0.3, -0.25) is 20.0 Å². The number of benzene rings is 4. The van der Waals surface area contributed by atoms with Crippen molar-refractivity contribution in [1.29, 1.82) is 0 Å². The molecule has 4 unspecified atom stereocenters. The van der Waals surface area contributed by atoms with Gasteiger partial charge in [0.1, 0.15) is 23.0 Å². The van der Waals surface area contributed by atoms with Crippen LogP contribution in [0.3, 0.4) is 0 Å². The van der Waals surface area contributed by atoms with E-state index in [1.54, 1.807) is 49.1 Å². The fraction of sp³-hybridized carbons (Fsp3) is 0.300. The summed E-state index contributed by atoms with van der Waals surface area (Å²) in [7, 11) is 0. The molecular formula is C40H36Br8N4O6W. The van der Waals surface area contributed by atoms with Crippen LogP contribution < -0.4 is 0 Å². The number of phenols is 4. The normalized spacial score (nSPS) is 19.5. The summed E-state index contributed by atoms with van der Waals surface area (Å²) >= 11 is 24.9. The van der Waals surface area contributed by atoms with Gasteiger partial charge < -0.3 is 20.4 Å². The first kappa shape index (κ1) is 50.5. The Balaban J connectivity index is 0.000000244. The summed E-state index contributed by atoms with van der Waals surface area (Å²) in [6.45, 7) is 0. The predicted molar refractivity (Wildman–Crippen MR) is 258 cm³/mol. The van der Waals surface area contributed by atoms with Crippen LogP contribution in [0.1, 0.15) is 73.6 Å². The molecule has 314 valence electrons. The molecule has 4 aromatic rings. The quantitative estimate of drug-likeness (QED) is 0.128. The Morgan fingerprint density at radius 2 is 0.593 bits per heavy atom. The number of rotatable bonds is 8. The van der Waals surface area contributed by atoms with Gasteiger partial charge >= 0.3 is 25.3 Å². The summed E-state index contributed by atoms with van der Waals surface area (Å²) in [5, 5.41) is 40.9. The molecule has 2 aliphatic carbocycles. The topological polar surface area (TPSA) is 164 Å².